The molecule has 236 valence electrons. The molecule has 4 heteroatoms. The molecule has 0 bridgehead atoms. The summed E-state index contributed by atoms with van der Waals surface area (Å²) in [5.74, 6) is 1.94. The fourth-order valence-electron chi connectivity index (χ4n) is 8.71. The van der Waals surface area contributed by atoms with E-state index in [0.717, 1.165) is 22.9 Å². The van der Waals surface area contributed by atoms with Crippen molar-refractivity contribution >= 4 is 52.6 Å². The molecule has 6 aromatic rings. The molecule has 0 spiro atoms. The third-order valence-corrected chi connectivity index (χ3v) is 14.8. The van der Waals surface area contributed by atoms with E-state index in [1.807, 2.05) is 0 Å². The van der Waals surface area contributed by atoms with E-state index < -0.39 is 8.07 Å². The van der Waals surface area contributed by atoms with Crippen molar-refractivity contribution in [2.45, 2.75) is 51.6 Å². The van der Waals surface area contributed by atoms with Crippen LogP contribution in [0.2, 0.25) is 13.1 Å². The van der Waals surface area contributed by atoms with Crippen LogP contribution in [0.1, 0.15) is 49.9 Å². The maximum atomic E-state index is 7.40. The Morgan fingerprint density at radius 2 is 0.688 bits per heavy atom. The highest BCUT2D eigenvalue weighted by Gasteiger charge is 2.44. The van der Waals surface area contributed by atoms with Gasteiger partial charge in [0.1, 0.15) is 8.07 Å². The Hall–Kier alpha value is -5.06. The lowest BCUT2D eigenvalue weighted by atomic mass is 9.73. The number of hydrogen-bond acceptors (Lipinski definition) is 3. The lowest BCUT2D eigenvalue weighted by Crippen LogP contribution is -2.56. The van der Waals surface area contributed by atoms with Crippen LogP contribution in [0.3, 0.4) is 0 Å². The molecule has 0 aliphatic carbocycles. The zero-order valence-electron chi connectivity index (χ0n) is 28.5. The van der Waals surface area contributed by atoms with Crippen LogP contribution in [0.25, 0.3) is 0 Å². The lowest BCUT2D eigenvalue weighted by Gasteiger charge is -2.45. The zero-order valence-corrected chi connectivity index (χ0v) is 29.5. The summed E-state index contributed by atoms with van der Waals surface area (Å²) >= 11 is 0. The van der Waals surface area contributed by atoms with Gasteiger partial charge in [-0.3, -0.25) is 0 Å². The summed E-state index contributed by atoms with van der Waals surface area (Å²) in [5, 5.41) is 2.65. The van der Waals surface area contributed by atoms with Crippen molar-refractivity contribution in [1.29, 1.82) is 0 Å². The molecule has 3 aliphatic heterocycles. The molecule has 3 nitrogen and oxygen atoms in total. The van der Waals surface area contributed by atoms with Gasteiger partial charge in [-0.25, -0.2) is 0 Å². The van der Waals surface area contributed by atoms with Crippen molar-refractivity contribution in [2.24, 2.45) is 0 Å². The molecule has 0 radical (unpaired) electrons. The number of nitrogens with zero attached hydrogens (tertiary/aromatic N) is 2. The molecule has 0 amide bonds. The highest BCUT2D eigenvalue weighted by molar-refractivity contribution is 7.02. The monoisotopic (exact) mass is 640 g/mol. The summed E-state index contributed by atoms with van der Waals surface area (Å²) in [4.78, 5) is 4.89. The van der Waals surface area contributed by atoms with Crippen molar-refractivity contribution in [1.82, 2.24) is 0 Å². The van der Waals surface area contributed by atoms with Gasteiger partial charge in [0.2, 0.25) is 0 Å². The average Bonchev–Trinajstić information content (AvgIpc) is 3.09. The molecule has 0 aromatic heterocycles. The molecule has 3 heterocycles. The van der Waals surface area contributed by atoms with E-state index in [4.69, 9.17) is 4.74 Å². The maximum absolute atomic E-state index is 7.40. The summed E-state index contributed by atoms with van der Waals surface area (Å²) in [7, 11) is -2.22. The number of ether oxygens (including phenoxy) is 1. The molecule has 9 rings (SSSR count). The number of fused-ring (bicyclic) bond motifs is 6. The third kappa shape index (κ3) is 3.81. The van der Waals surface area contributed by atoms with Gasteiger partial charge in [0.15, 0.2) is 11.5 Å². The highest BCUT2D eigenvalue weighted by atomic mass is 28.3. The van der Waals surface area contributed by atoms with Crippen LogP contribution in [-0.4, -0.2) is 8.07 Å². The van der Waals surface area contributed by atoms with Crippen molar-refractivity contribution < 1.29 is 4.74 Å². The molecule has 0 saturated heterocycles. The number of anilines is 6. The Morgan fingerprint density at radius 3 is 1.02 bits per heavy atom. The van der Waals surface area contributed by atoms with E-state index in [0.29, 0.717) is 0 Å². The predicted molar refractivity (Wildman–Crippen MR) is 203 cm³/mol. The molecule has 0 atom stereocenters. The van der Waals surface area contributed by atoms with Gasteiger partial charge < -0.3 is 14.5 Å². The first kappa shape index (κ1) is 29.1. The summed E-state index contributed by atoms with van der Waals surface area (Å²) in [5.41, 5.74) is 12.0. The zero-order chi connectivity index (χ0) is 33.0. The Balaban J connectivity index is 1.28. The molecule has 0 N–H and O–H groups in total. The molecule has 6 aromatic carbocycles. The minimum absolute atomic E-state index is 0.129. The largest absolute Gasteiger partial charge is 0.453 e. The molecular formula is C44H40N2OSi. The summed E-state index contributed by atoms with van der Waals surface area (Å²) in [6, 6.07) is 49.0. The van der Waals surface area contributed by atoms with Gasteiger partial charge in [-0.2, -0.15) is 0 Å². The Morgan fingerprint density at radius 1 is 0.396 bits per heavy atom. The second-order valence-corrected chi connectivity index (χ2v) is 19.4. The Bertz CT molecular complexity index is 2030. The van der Waals surface area contributed by atoms with Gasteiger partial charge >= 0.3 is 0 Å². The Labute approximate surface area is 285 Å². The van der Waals surface area contributed by atoms with Gasteiger partial charge in [0.25, 0.3) is 0 Å². The van der Waals surface area contributed by atoms with Gasteiger partial charge in [0.05, 0.1) is 34.1 Å². The van der Waals surface area contributed by atoms with Gasteiger partial charge in [-0.1, -0.05) is 138 Å². The van der Waals surface area contributed by atoms with Gasteiger partial charge in [-0.05, 0) is 69.0 Å². The van der Waals surface area contributed by atoms with E-state index in [1.165, 1.54) is 55.4 Å². The normalized spacial score (nSPS) is 17.1. The standard InChI is InChI=1S/C44H40N2OSi/c1-43(2)29-17-7-11-21-33(29)45(34-22-12-8-18-30(34)43)37-25-15-27-39-41(37)47-42-38(26-16-28-40(42)48(39,5)6)46-35-23-13-9-19-31(35)44(3,4)32-20-10-14-24-36(32)46/h7-28H,1-6H3. The quantitative estimate of drug-likeness (QED) is 0.175. The average molecular weight is 641 g/mol. The minimum atomic E-state index is -2.22. The van der Waals surface area contributed by atoms with Crippen LogP contribution >= 0.6 is 0 Å². The van der Waals surface area contributed by atoms with Crippen molar-refractivity contribution in [3.05, 3.63) is 156 Å². The number of rotatable bonds is 2. The topological polar surface area (TPSA) is 15.7 Å². The minimum Gasteiger partial charge on any atom is -0.453 e. The van der Waals surface area contributed by atoms with Crippen molar-refractivity contribution in [2.75, 3.05) is 9.80 Å². The number of benzene rings is 6. The van der Waals surface area contributed by atoms with Crippen LogP contribution in [0.5, 0.6) is 11.5 Å². The van der Waals surface area contributed by atoms with E-state index in [1.54, 1.807) is 0 Å². The SMILES string of the molecule is CC1(C)c2ccccc2N(c2cccc3c2Oc2c(N4c5ccccc5C(C)(C)c5ccccc54)cccc2[Si]3(C)C)c2ccccc21. The molecule has 0 unspecified atom stereocenters. The van der Waals surface area contributed by atoms with Crippen LogP contribution in [0, 0.1) is 0 Å². The lowest BCUT2D eigenvalue weighted by molar-refractivity contribution is 0.488. The van der Waals surface area contributed by atoms with Crippen molar-refractivity contribution in [3.63, 3.8) is 0 Å². The first-order chi connectivity index (χ1) is 23.1. The first-order valence-electron chi connectivity index (χ1n) is 17.0. The molecule has 3 aliphatic rings. The first-order valence-corrected chi connectivity index (χ1v) is 20.0. The molecular weight excluding hydrogens is 601 g/mol. The van der Waals surface area contributed by atoms with Crippen LogP contribution in [-0.2, 0) is 10.8 Å². The van der Waals surface area contributed by atoms with Crippen LogP contribution < -0.4 is 24.9 Å². The van der Waals surface area contributed by atoms with Gasteiger partial charge in [0, 0.05) is 10.8 Å². The fourth-order valence-corrected chi connectivity index (χ4v) is 11.5. The van der Waals surface area contributed by atoms with Crippen LogP contribution in [0.4, 0.5) is 34.1 Å². The van der Waals surface area contributed by atoms with Crippen LogP contribution in [0.15, 0.2) is 133 Å². The Kier molecular flexibility index (Phi) is 6.05. The van der Waals surface area contributed by atoms with E-state index >= 15 is 0 Å². The van der Waals surface area contributed by atoms with Crippen molar-refractivity contribution in [3.8, 4) is 11.5 Å². The van der Waals surface area contributed by atoms with E-state index in [9.17, 15) is 0 Å². The van der Waals surface area contributed by atoms with Gasteiger partial charge in [-0.15, -0.1) is 0 Å². The fraction of sp³-hybridized carbons (Fsp3) is 0.182. The molecule has 0 saturated carbocycles. The van der Waals surface area contributed by atoms with E-state index in [-0.39, 0.29) is 10.8 Å². The van der Waals surface area contributed by atoms with E-state index in [2.05, 4.69) is 184 Å². The number of para-hydroxylation sites is 6. The predicted octanol–water partition coefficient (Wildman–Crippen LogP) is 10.8. The smallest absolute Gasteiger partial charge is 0.151 e. The second kappa shape index (κ2) is 9.98. The maximum Gasteiger partial charge on any atom is 0.151 e. The number of hydrogen-bond donors (Lipinski definition) is 0. The summed E-state index contributed by atoms with van der Waals surface area (Å²) in [6.07, 6.45) is 0. The molecule has 48 heavy (non-hydrogen) atoms. The second-order valence-electron chi connectivity index (χ2n) is 15.0. The molecule has 0 fully saturated rings. The summed E-state index contributed by atoms with van der Waals surface area (Å²) < 4.78 is 7.40. The highest BCUT2D eigenvalue weighted by Crippen LogP contribution is 2.56. The third-order valence-electron chi connectivity index (χ3n) is 11.3. The summed E-state index contributed by atoms with van der Waals surface area (Å²) in [6.45, 7) is 14.3.